The Balaban J connectivity index is 1.47. The summed E-state index contributed by atoms with van der Waals surface area (Å²) in [6.45, 7) is 2.79. The van der Waals surface area contributed by atoms with Crippen LogP contribution in [0.15, 0.2) is 96.1 Å². The average Bonchev–Trinajstić information content (AvgIpc) is 3.32. The van der Waals surface area contributed by atoms with Crippen LogP contribution in [0.2, 0.25) is 0 Å². The molecule has 0 amide bonds. The molecule has 2 aliphatic heterocycles. The van der Waals surface area contributed by atoms with Crippen LogP contribution in [-0.4, -0.2) is 17.3 Å². The van der Waals surface area contributed by atoms with E-state index in [1.807, 2.05) is 24.3 Å². The number of para-hydroxylation sites is 2. The van der Waals surface area contributed by atoms with E-state index in [4.69, 9.17) is 14.6 Å². The fraction of sp³-hybridized carbons (Fsp3) is 0.207. The molecule has 2 atom stereocenters. The van der Waals surface area contributed by atoms with Gasteiger partial charge in [0, 0.05) is 17.5 Å². The van der Waals surface area contributed by atoms with Crippen LogP contribution in [0.4, 0.5) is 0 Å². The lowest BCUT2D eigenvalue weighted by Gasteiger charge is -2.38. The van der Waals surface area contributed by atoms with Gasteiger partial charge >= 0.3 is 0 Å². The van der Waals surface area contributed by atoms with Crippen molar-refractivity contribution in [3.05, 3.63) is 108 Å². The molecule has 33 heavy (non-hydrogen) atoms. The van der Waals surface area contributed by atoms with Crippen LogP contribution in [0.3, 0.4) is 0 Å². The van der Waals surface area contributed by atoms with E-state index in [0.29, 0.717) is 6.61 Å². The van der Waals surface area contributed by atoms with Gasteiger partial charge in [-0.2, -0.15) is 5.10 Å². The van der Waals surface area contributed by atoms with E-state index in [2.05, 4.69) is 78.7 Å². The number of hydrazone groups is 1. The van der Waals surface area contributed by atoms with E-state index < -0.39 is 0 Å². The van der Waals surface area contributed by atoms with Crippen LogP contribution in [0.1, 0.15) is 48.7 Å². The van der Waals surface area contributed by atoms with Crippen LogP contribution >= 0.6 is 0 Å². The molecular weight excluding hydrogens is 408 g/mol. The molecule has 4 aromatic rings. The molecule has 0 aliphatic carbocycles. The van der Waals surface area contributed by atoms with Gasteiger partial charge in [0.1, 0.15) is 11.5 Å². The number of hydrogen-bond donors (Lipinski definition) is 0. The van der Waals surface area contributed by atoms with E-state index in [-0.39, 0.29) is 12.3 Å². The van der Waals surface area contributed by atoms with Crippen LogP contribution < -0.4 is 9.47 Å². The molecule has 164 valence electrons. The second-order valence-electron chi connectivity index (χ2n) is 8.57. The molecule has 0 saturated carbocycles. The molecule has 0 aromatic heterocycles. The van der Waals surface area contributed by atoms with E-state index in [1.165, 1.54) is 21.9 Å². The summed E-state index contributed by atoms with van der Waals surface area (Å²) in [6.07, 6.45) is 1.45. The normalized spacial score (nSPS) is 18.9. The molecular formula is C29H26N2O2. The molecule has 0 radical (unpaired) electrons. The second-order valence-corrected chi connectivity index (χ2v) is 8.57. The van der Waals surface area contributed by atoms with Crippen molar-refractivity contribution >= 4 is 16.5 Å². The van der Waals surface area contributed by atoms with E-state index in [1.54, 1.807) is 0 Å². The summed E-state index contributed by atoms with van der Waals surface area (Å²) in [7, 11) is 0. The van der Waals surface area contributed by atoms with E-state index >= 15 is 0 Å². The first-order valence-electron chi connectivity index (χ1n) is 11.6. The van der Waals surface area contributed by atoms with Gasteiger partial charge in [-0.05, 0) is 35.4 Å². The Kier molecular flexibility index (Phi) is 4.99. The van der Waals surface area contributed by atoms with Gasteiger partial charge in [-0.25, -0.2) is 5.01 Å². The zero-order valence-electron chi connectivity index (χ0n) is 18.6. The average molecular weight is 435 g/mol. The summed E-state index contributed by atoms with van der Waals surface area (Å²) >= 11 is 0. The Morgan fingerprint density at radius 1 is 0.879 bits per heavy atom. The summed E-state index contributed by atoms with van der Waals surface area (Å²) in [4.78, 5) is 0. The molecule has 4 heteroatoms. The lowest BCUT2D eigenvalue weighted by atomic mass is 9.93. The molecule has 6 rings (SSSR count). The van der Waals surface area contributed by atoms with Crippen molar-refractivity contribution in [1.29, 1.82) is 0 Å². The molecule has 4 nitrogen and oxygen atoms in total. The molecule has 0 unspecified atom stereocenters. The minimum Gasteiger partial charge on any atom is -0.493 e. The smallest absolute Gasteiger partial charge is 0.217 e. The van der Waals surface area contributed by atoms with Crippen LogP contribution in [-0.2, 0) is 0 Å². The third-order valence-corrected chi connectivity index (χ3v) is 6.45. The van der Waals surface area contributed by atoms with E-state index in [9.17, 15) is 0 Å². The quantitative estimate of drug-likeness (QED) is 0.344. The lowest BCUT2D eigenvalue weighted by molar-refractivity contribution is -0.0206. The maximum Gasteiger partial charge on any atom is 0.217 e. The van der Waals surface area contributed by atoms with Gasteiger partial charge in [0.2, 0.25) is 6.23 Å². The number of nitrogens with zero attached hydrogens (tertiary/aromatic N) is 2. The Labute approximate surface area is 194 Å². The third-order valence-electron chi connectivity index (χ3n) is 6.45. The molecule has 2 aliphatic rings. The predicted octanol–water partition coefficient (Wildman–Crippen LogP) is 6.87. The molecule has 0 spiro atoms. The first kappa shape index (κ1) is 19.9. The predicted molar refractivity (Wildman–Crippen MR) is 132 cm³/mol. The van der Waals surface area contributed by atoms with Crippen molar-refractivity contribution < 1.29 is 9.47 Å². The summed E-state index contributed by atoms with van der Waals surface area (Å²) in [5.74, 6) is 1.78. The van der Waals surface area contributed by atoms with Crippen LogP contribution in [0.25, 0.3) is 10.8 Å². The van der Waals surface area contributed by atoms with Crippen molar-refractivity contribution in [2.24, 2.45) is 5.10 Å². The maximum absolute atomic E-state index is 6.56. The molecule has 4 aromatic carbocycles. The van der Waals surface area contributed by atoms with Gasteiger partial charge in [-0.15, -0.1) is 0 Å². The largest absolute Gasteiger partial charge is 0.493 e. The SMILES string of the molecule is CCCOc1ccccc1[C@H]1Oc2ccccc2[C@@H]2CC(c3cccc4ccccc34)=NN12. The summed E-state index contributed by atoms with van der Waals surface area (Å²) in [5.41, 5.74) is 4.47. The lowest BCUT2D eigenvalue weighted by Crippen LogP contribution is -2.34. The van der Waals surface area contributed by atoms with Gasteiger partial charge in [-0.3, -0.25) is 0 Å². The number of rotatable bonds is 5. The minimum atomic E-state index is -0.342. The topological polar surface area (TPSA) is 34.1 Å². The summed E-state index contributed by atoms with van der Waals surface area (Å²) in [5, 5.41) is 9.77. The standard InChI is InChI=1S/C29H26N2O2/c1-2-18-32-27-16-7-6-14-24(27)29-31-26(23-13-5-8-17-28(23)33-29)19-25(30-31)22-15-9-11-20-10-3-4-12-21(20)22/h3-17,26,29H,2,18-19H2,1H3/t26-,29+/m0/s1. The highest BCUT2D eigenvalue weighted by atomic mass is 16.5. The highest BCUT2D eigenvalue weighted by molar-refractivity contribution is 6.11. The zero-order chi connectivity index (χ0) is 22.2. The Morgan fingerprint density at radius 3 is 2.55 bits per heavy atom. The minimum absolute atomic E-state index is 0.119. The van der Waals surface area contributed by atoms with Crippen molar-refractivity contribution in [1.82, 2.24) is 5.01 Å². The van der Waals surface area contributed by atoms with Crippen LogP contribution in [0.5, 0.6) is 11.5 Å². The molecule has 0 N–H and O–H groups in total. The van der Waals surface area contributed by atoms with Crippen molar-refractivity contribution in [2.45, 2.75) is 32.0 Å². The first-order valence-corrected chi connectivity index (χ1v) is 11.6. The molecule has 0 bridgehead atoms. The van der Waals surface area contributed by atoms with Crippen molar-refractivity contribution in [2.75, 3.05) is 6.61 Å². The van der Waals surface area contributed by atoms with Gasteiger partial charge < -0.3 is 9.47 Å². The summed E-state index contributed by atoms with van der Waals surface area (Å²) in [6, 6.07) is 31.6. The third kappa shape index (κ3) is 3.43. The molecule has 0 fully saturated rings. The Morgan fingerprint density at radius 2 is 1.64 bits per heavy atom. The monoisotopic (exact) mass is 434 g/mol. The first-order chi connectivity index (χ1) is 16.3. The Hall–Kier alpha value is -3.79. The number of ether oxygens (including phenoxy) is 2. The van der Waals surface area contributed by atoms with Crippen LogP contribution in [0, 0.1) is 0 Å². The number of benzene rings is 4. The number of hydrogen-bond acceptors (Lipinski definition) is 4. The molecule has 2 heterocycles. The van der Waals surface area contributed by atoms with E-state index in [0.717, 1.165) is 35.6 Å². The molecule has 0 saturated heterocycles. The maximum atomic E-state index is 6.56. The summed E-state index contributed by atoms with van der Waals surface area (Å²) < 4.78 is 12.7. The van der Waals surface area contributed by atoms with Gasteiger partial charge in [0.15, 0.2) is 0 Å². The fourth-order valence-electron chi connectivity index (χ4n) is 4.91. The highest BCUT2D eigenvalue weighted by Crippen LogP contribution is 2.49. The van der Waals surface area contributed by atoms with Crippen molar-refractivity contribution in [3.63, 3.8) is 0 Å². The zero-order valence-corrected chi connectivity index (χ0v) is 18.6. The van der Waals surface area contributed by atoms with Gasteiger partial charge in [0.25, 0.3) is 0 Å². The fourth-order valence-corrected chi connectivity index (χ4v) is 4.91. The van der Waals surface area contributed by atoms with Gasteiger partial charge in [0.05, 0.1) is 23.9 Å². The van der Waals surface area contributed by atoms with Gasteiger partial charge in [-0.1, -0.05) is 79.7 Å². The highest BCUT2D eigenvalue weighted by Gasteiger charge is 2.42. The van der Waals surface area contributed by atoms with Crippen molar-refractivity contribution in [3.8, 4) is 11.5 Å². The number of fused-ring (bicyclic) bond motifs is 4. The Bertz CT molecular complexity index is 1340. The second kappa shape index (κ2) is 8.28.